The van der Waals surface area contributed by atoms with E-state index >= 15 is 0 Å². The average Bonchev–Trinajstić information content (AvgIpc) is 1.59. The number of aromatic nitrogens is 1. The summed E-state index contributed by atoms with van der Waals surface area (Å²) in [6.45, 7) is 13.7. The fourth-order valence-corrected chi connectivity index (χ4v) is 18.1. The molecule has 0 amide bonds. The molecule has 11 aromatic rings. The van der Waals surface area contributed by atoms with Gasteiger partial charge in [0.1, 0.15) is 24.0 Å². The van der Waals surface area contributed by atoms with Gasteiger partial charge in [-0.25, -0.2) is 4.98 Å². The molecule has 14 rings (SSSR count). The molecule has 0 saturated heterocycles. The van der Waals surface area contributed by atoms with Crippen LogP contribution in [0.25, 0.3) is 44.5 Å². The SMILES string of the molecule is [2H]c1c([2H])c([2H])c(-c2cccc(-c3cc(-c4ccccc4)cc(C(C)(C)C)c3)c2N2CN(c3cccc(Oc4cc5c6c(c4)N(c4cc(C(C)(C)C)ccn4)c4ccccc4[Si]6(c4ccccc4)c4ccccc4-5)c3)c3ccccc32)c([2H])c1[2H]. The van der Waals surface area contributed by atoms with Crippen molar-refractivity contribution in [2.24, 2.45) is 0 Å². The summed E-state index contributed by atoms with van der Waals surface area (Å²) in [6.07, 6.45) is 1.94. The number of pyridine rings is 1. The largest absolute Gasteiger partial charge is 0.457 e. The van der Waals surface area contributed by atoms with Gasteiger partial charge in [-0.2, -0.15) is 0 Å². The highest BCUT2D eigenvalue weighted by Crippen LogP contribution is 2.52. The van der Waals surface area contributed by atoms with E-state index in [2.05, 4.69) is 232 Å². The molecule has 6 heteroatoms. The maximum atomic E-state index is 9.38. The highest BCUT2D eigenvalue weighted by Gasteiger charge is 2.55. The zero-order valence-corrected chi connectivity index (χ0v) is 46.8. The van der Waals surface area contributed by atoms with E-state index in [-0.39, 0.29) is 40.6 Å². The quantitative estimate of drug-likeness (QED) is 0.135. The van der Waals surface area contributed by atoms with Crippen molar-refractivity contribution >= 4 is 68.8 Å². The Morgan fingerprint density at radius 3 is 1.82 bits per heavy atom. The minimum Gasteiger partial charge on any atom is -0.457 e. The van der Waals surface area contributed by atoms with Crippen molar-refractivity contribution in [3.63, 3.8) is 0 Å². The fraction of sp³-hybridized carbons (Fsp3) is 0.122. The Hall–Kier alpha value is -9.23. The van der Waals surface area contributed by atoms with E-state index in [4.69, 9.17) is 13.8 Å². The van der Waals surface area contributed by atoms with Gasteiger partial charge in [-0.3, -0.25) is 4.90 Å². The van der Waals surface area contributed by atoms with Crippen LogP contribution in [0, 0.1) is 0 Å². The zero-order valence-electron chi connectivity index (χ0n) is 50.8. The topological polar surface area (TPSA) is 31.8 Å². The summed E-state index contributed by atoms with van der Waals surface area (Å²) < 4.78 is 52.3. The maximum Gasteiger partial charge on any atom is 0.185 e. The first kappa shape index (κ1) is 43.7. The molecule has 0 saturated carbocycles. The first-order valence-electron chi connectivity index (χ1n) is 30.0. The molecule has 0 aliphatic carbocycles. The molecule has 0 N–H and O–H groups in total. The lowest BCUT2D eigenvalue weighted by molar-refractivity contribution is 0.483. The molecule has 388 valence electrons. The van der Waals surface area contributed by atoms with Gasteiger partial charge in [0.25, 0.3) is 0 Å². The summed E-state index contributed by atoms with van der Waals surface area (Å²) >= 11 is 0. The van der Waals surface area contributed by atoms with Crippen molar-refractivity contribution in [2.75, 3.05) is 21.4 Å². The molecule has 1 aromatic heterocycles. The molecule has 80 heavy (non-hydrogen) atoms. The second-order valence-corrected chi connectivity index (χ2v) is 26.9. The minimum absolute atomic E-state index is 0.114. The third-order valence-electron chi connectivity index (χ3n) is 16.3. The number of ether oxygens (including phenoxy) is 1. The van der Waals surface area contributed by atoms with E-state index in [1.54, 1.807) is 0 Å². The Labute approximate surface area is 478 Å². The van der Waals surface area contributed by atoms with Crippen molar-refractivity contribution in [3.05, 3.63) is 266 Å². The highest BCUT2D eigenvalue weighted by atomic mass is 28.3. The van der Waals surface area contributed by atoms with Crippen LogP contribution in [-0.4, -0.2) is 19.7 Å². The molecule has 0 radical (unpaired) electrons. The molecule has 10 aromatic carbocycles. The zero-order chi connectivity index (χ0) is 58.7. The number of nitrogens with zero attached hydrogens (tertiary/aromatic N) is 4. The van der Waals surface area contributed by atoms with Crippen LogP contribution in [0.4, 0.5) is 39.9 Å². The Morgan fingerprint density at radius 1 is 0.450 bits per heavy atom. The average molecular weight is 1060 g/mol. The molecule has 3 aliphatic heterocycles. The van der Waals surface area contributed by atoms with Crippen LogP contribution in [0.3, 0.4) is 0 Å². The fourth-order valence-electron chi connectivity index (χ4n) is 12.6. The molecule has 3 aliphatic rings. The molecule has 1 atom stereocenters. The lowest BCUT2D eigenvalue weighted by Crippen LogP contribution is -2.75. The van der Waals surface area contributed by atoms with Gasteiger partial charge in [-0.1, -0.05) is 223 Å². The normalized spacial score (nSPS) is 15.9. The molecule has 1 unspecified atom stereocenters. The van der Waals surface area contributed by atoms with Crippen molar-refractivity contribution in [3.8, 4) is 56.0 Å². The van der Waals surface area contributed by atoms with E-state index < -0.39 is 14.1 Å². The van der Waals surface area contributed by atoms with E-state index in [0.29, 0.717) is 23.7 Å². The molecule has 5 nitrogen and oxygen atoms in total. The molecule has 0 bridgehead atoms. The number of benzene rings is 10. The monoisotopic (exact) mass is 1060 g/mol. The van der Waals surface area contributed by atoms with Gasteiger partial charge >= 0.3 is 0 Å². The van der Waals surface area contributed by atoms with Gasteiger partial charge in [0.2, 0.25) is 0 Å². The van der Waals surface area contributed by atoms with Crippen LogP contribution >= 0.6 is 0 Å². The molecule has 0 fully saturated rings. The standard InChI is InChI=1S/C74H62N4OSi/c1-73(2,3)54-40-41-75-70(45-54)78-66-37-19-21-39-69(66)80(59-30-14-9-15-31-59)68-38-20-16-32-62(68)63-47-58(48-67(78)72(63)80)79-57-29-22-28-56(46-57)76-49-77(65-36-18-17-35-64(65)76)71-60(51-26-12-8-13-27-51)33-23-34-61(71)53-42-52(50-24-10-7-11-25-50)43-55(44-53)74(4,5)6/h7-48H,49H2,1-6H3/i8D,12D,13D,26D,27D. The van der Waals surface area contributed by atoms with Gasteiger partial charge in [0.05, 0.1) is 29.6 Å². The lowest BCUT2D eigenvalue weighted by Gasteiger charge is -2.43. The van der Waals surface area contributed by atoms with Crippen LogP contribution in [0.15, 0.2) is 255 Å². The van der Waals surface area contributed by atoms with Gasteiger partial charge in [0.15, 0.2) is 8.07 Å². The summed E-state index contributed by atoms with van der Waals surface area (Å²) in [5, 5.41) is 5.32. The van der Waals surface area contributed by atoms with Gasteiger partial charge in [0, 0.05) is 40.8 Å². The van der Waals surface area contributed by atoms with Crippen LogP contribution in [0.5, 0.6) is 11.5 Å². The van der Waals surface area contributed by atoms with Crippen LogP contribution in [-0.2, 0) is 10.8 Å². The van der Waals surface area contributed by atoms with Gasteiger partial charge in [-0.15, -0.1) is 0 Å². The van der Waals surface area contributed by atoms with Crippen molar-refractivity contribution < 1.29 is 11.6 Å². The van der Waals surface area contributed by atoms with Gasteiger partial charge < -0.3 is 14.5 Å². The minimum atomic E-state index is -2.92. The van der Waals surface area contributed by atoms with Gasteiger partial charge in [-0.05, 0) is 131 Å². The Morgan fingerprint density at radius 2 is 1.07 bits per heavy atom. The first-order chi connectivity index (χ1) is 41.0. The van der Waals surface area contributed by atoms with E-state index in [1.165, 1.54) is 31.9 Å². The van der Waals surface area contributed by atoms with E-state index in [0.717, 1.165) is 73.3 Å². The predicted molar refractivity (Wildman–Crippen MR) is 337 cm³/mol. The summed E-state index contributed by atoms with van der Waals surface area (Å²) in [5.74, 6) is 2.20. The number of hydrogen-bond acceptors (Lipinski definition) is 5. The first-order valence-corrected chi connectivity index (χ1v) is 29.5. The molecular formula is C74H62N4OSi. The number of para-hydroxylation sites is 4. The van der Waals surface area contributed by atoms with E-state index in [9.17, 15) is 2.74 Å². The Bertz CT molecular complexity index is 4470. The second kappa shape index (κ2) is 19.0. The van der Waals surface area contributed by atoms with Crippen LogP contribution in [0.1, 0.15) is 59.5 Å². The summed E-state index contributed by atoms with van der Waals surface area (Å²) in [4.78, 5) is 12.0. The third-order valence-corrected chi connectivity index (χ3v) is 21.3. The maximum absolute atomic E-state index is 9.38. The second-order valence-electron chi connectivity index (χ2n) is 23.2. The van der Waals surface area contributed by atoms with Crippen LogP contribution in [0.2, 0.25) is 0 Å². The number of hydrogen-bond donors (Lipinski definition) is 0. The van der Waals surface area contributed by atoms with E-state index in [1.807, 2.05) is 48.7 Å². The Balaban J connectivity index is 0.922. The Kier molecular flexibility index (Phi) is 10.4. The molecule has 0 spiro atoms. The van der Waals surface area contributed by atoms with Crippen molar-refractivity contribution in [1.82, 2.24) is 4.98 Å². The summed E-state index contributed by atoms with van der Waals surface area (Å²) in [6, 6.07) is 75.7. The highest BCUT2D eigenvalue weighted by molar-refractivity contribution is 7.23. The lowest BCUT2D eigenvalue weighted by atomic mass is 9.82. The predicted octanol–water partition coefficient (Wildman–Crippen LogP) is 16.9. The van der Waals surface area contributed by atoms with Crippen LogP contribution < -0.4 is 40.2 Å². The molecule has 4 heterocycles. The number of fused-ring (bicyclic) bond motifs is 6. The summed E-state index contributed by atoms with van der Waals surface area (Å²) in [5.41, 5.74) is 14.6. The van der Waals surface area contributed by atoms with Crippen molar-refractivity contribution in [1.29, 1.82) is 0 Å². The molecular weight excluding hydrogens is 989 g/mol. The number of anilines is 7. The smallest absolute Gasteiger partial charge is 0.185 e. The van der Waals surface area contributed by atoms with Crippen molar-refractivity contribution in [2.45, 2.75) is 52.4 Å². The number of rotatable bonds is 9. The third kappa shape index (κ3) is 8.07. The summed E-state index contributed by atoms with van der Waals surface area (Å²) in [7, 11) is -2.92.